The summed E-state index contributed by atoms with van der Waals surface area (Å²) >= 11 is 3.62. The Bertz CT molecular complexity index is 425. The highest BCUT2D eigenvalue weighted by molar-refractivity contribution is 9.10. The van der Waals surface area contributed by atoms with E-state index in [0.29, 0.717) is 12.0 Å². The summed E-state index contributed by atoms with van der Waals surface area (Å²) in [6, 6.07) is 6.44. The second-order valence-corrected chi connectivity index (χ2v) is 6.36. The average Bonchev–Trinajstić information content (AvgIpc) is 2.84. The molecular weight excluding hydrogens is 304 g/mol. The van der Waals surface area contributed by atoms with Gasteiger partial charge in [0, 0.05) is 10.5 Å². The lowest BCUT2D eigenvalue weighted by atomic mass is 9.87. The highest BCUT2D eigenvalue weighted by Gasteiger charge is 2.30. The molecule has 1 aliphatic carbocycles. The number of hydrogen-bond acceptors (Lipinski definition) is 3. The van der Waals surface area contributed by atoms with Crippen molar-refractivity contribution in [3.05, 3.63) is 28.2 Å². The van der Waals surface area contributed by atoms with Crippen molar-refractivity contribution in [3.63, 3.8) is 0 Å². The molecule has 0 aliphatic heterocycles. The van der Waals surface area contributed by atoms with Crippen LogP contribution in [0.15, 0.2) is 22.7 Å². The van der Waals surface area contributed by atoms with Gasteiger partial charge in [-0.1, -0.05) is 35.7 Å². The Labute approximate surface area is 124 Å². The maximum Gasteiger partial charge on any atom is 0.119 e. The third-order valence-electron chi connectivity index (χ3n) is 4.35. The summed E-state index contributed by atoms with van der Waals surface area (Å²) in [7, 11) is 1.70. The van der Waals surface area contributed by atoms with Gasteiger partial charge in [0.1, 0.15) is 5.75 Å². The lowest BCUT2D eigenvalue weighted by molar-refractivity contribution is 0.297. The van der Waals surface area contributed by atoms with E-state index in [1.165, 1.54) is 24.8 Å². The second-order valence-electron chi connectivity index (χ2n) is 5.51. The van der Waals surface area contributed by atoms with E-state index in [-0.39, 0.29) is 0 Å². The largest absolute Gasteiger partial charge is 0.497 e. The zero-order valence-corrected chi connectivity index (χ0v) is 13.2. The third kappa shape index (κ3) is 3.50. The van der Waals surface area contributed by atoms with Crippen molar-refractivity contribution in [2.24, 2.45) is 17.7 Å². The van der Waals surface area contributed by atoms with Crippen molar-refractivity contribution in [2.75, 3.05) is 7.11 Å². The van der Waals surface area contributed by atoms with E-state index in [9.17, 15) is 0 Å². The van der Waals surface area contributed by atoms with Crippen molar-refractivity contribution in [3.8, 4) is 5.75 Å². The van der Waals surface area contributed by atoms with Gasteiger partial charge in [0.15, 0.2) is 0 Å². The summed E-state index contributed by atoms with van der Waals surface area (Å²) in [5.74, 6) is 8.11. The van der Waals surface area contributed by atoms with Crippen LogP contribution in [0.25, 0.3) is 0 Å². The van der Waals surface area contributed by atoms with Crippen molar-refractivity contribution in [1.82, 2.24) is 5.43 Å². The molecule has 1 saturated carbocycles. The van der Waals surface area contributed by atoms with E-state index in [4.69, 9.17) is 10.6 Å². The SMILES string of the molecule is COc1ccc(Br)c(CC(NN)C2CCCC2C)c1. The molecule has 1 aromatic carbocycles. The first-order valence-electron chi connectivity index (χ1n) is 6.94. The number of hydrogen-bond donors (Lipinski definition) is 2. The smallest absolute Gasteiger partial charge is 0.119 e. The van der Waals surface area contributed by atoms with Crippen LogP contribution in [0.1, 0.15) is 31.7 Å². The maximum atomic E-state index is 5.79. The molecule has 3 nitrogen and oxygen atoms in total. The van der Waals surface area contributed by atoms with Crippen molar-refractivity contribution in [1.29, 1.82) is 0 Å². The number of halogens is 1. The molecule has 0 saturated heterocycles. The van der Waals surface area contributed by atoms with Gasteiger partial charge in [0.2, 0.25) is 0 Å². The van der Waals surface area contributed by atoms with Gasteiger partial charge in [-0.25, -0.2) is 0 Å². The summed E-state index contributed by atoms with van der Waals surface area (Å²) in [4.78, 5) is 0. The first kappa shape index (κ1) is 14.8. The van der Waals surface area contributed by atoms with Crippen molar-refractivity contribution in [2.45, 2.75) is 38.6 Å². The summed E-state index contributed by atoms with van der Waals surface area (Å²) in [5, 5.41) is 0. The second kappa shape index (κ2) is 6.73. The molecule has 1 aromatic rings. The molecule has 1 fully saturated rings. The zero-order chi connectivity index (χ0) is 13.8. The standard InChI is InChI=1S/C15H23BrN2O/c1-10-4-3-5-13(10)15(18-17)9-11-8-12(19-2)6-7-14(11)16/h6-8,10,13,15,18H,3-5,9,17H2,1-2H3. The molecule has 0 bridgehead atoms. The summed E-state index contributed by atoms with van der Waals surface area (Å²) < 4.78 is 6.42. The Morgan fingerprint density at radius 1 is 1.47 bits per heavy atom. The minimum Gasteiger partial charge on any atom is -0.497 e. The Balaban J connectivity index is 2.13. The van der Waals surface area contributed by atoms with Crippen molar-refractivity contribution >= 4 is 15.9 Å². The van der Waals surface area contributed by atoms with E-state index in [0.717, 1.165) is 22.6 Å². The van der Waals surface area contributed by atoms with E-state index >= 15 is 0 Å². The van der Waals surface area contributed by atoms with Crippen LogP contribution in [0.2, 0.25) is 0 Å². The molecule has 0 heterocycles. The molecule has 19 heavy (non-hydrogen) atoms. The number of rotatable bonds is 5. The van der Waals surface area contributed by atoms with Gasteiger partial charge in [-0.15, -0.1) is 0 Å². The summed E-state index contributed by atoms with van der Waals surface area (Å²) in [5.41, 5.74) is 4.28. The first-order valence-corrected chi connectivity index (χ1v) is 7.73. The highest BCUT2D eigenvalue weighted by Crippen LogP contribution is 2.35. The molecular formula is C15H23BrN2O. The molecule has 3 unspecified atom stereocenters. The maximum absolute atomic E-state index is 5.79. The van der Waals surface area contributed by atoms with Gasteiger partial charge in [-0.2, -0.15) is 0 Å². The topological polar surface area (TPSA) is 47.3 Å². The molecule has 4 heteroatoms. The lowest BCUT2D eigenvalue weighted by Gasteiger charge is -2.27. The van der Waals surface area contributed by atoms with Crippen LogP contribution in [0.5, 0.6) is 5.75 Å². The fourth-order valence-electron chi connectivity index (χ4n) is 3.18. The van der Waals surface area contributed by atoms with Gasteiger partial charge in [0.25, 0.3) is 0 Å². The quantitative estimate of drug-likeness (QED) is 0.645. The van der Waals surface area contributed by atoms with Crippen LogP contribution >= 0.6 is 15.9 Å². The van der Waals surface area contributed by atoms with Crippen LogP contribution in [0.3, 0.4) is 0 Å². The van der Waals surface area contributed by atoms with E-state index in [2.05, 4.69) is 34.3 Å². The molecule has 3 N–H and O–H groups in total. The van der Waals surface area contributed by atoms with E-state index in [1.54, 1.807) is 7.11 Å². The molecule has 0 radical (unpaired) electrons. The Hall–Kier alpha value is -0.580. The van der Waals surface area contributed by atoms with Crippen LogP contribution in [-0.2, 0) is 6.42 Å². The number of nitrogens with two attached hydrogens (primary N) is 1. The Morgan fingerprint density at radius 3 is 2.84 bits per heavy atom. The molecule has 0 spiro atoms. The minimum atomic E-state index is 0.334. The van der Waals surface area contributed by atoms with E-state index in [1.807, 2.05) is 12.1 Å². The number of ether oxygens (including phenoxy) is 1. The third-order valence-corrected chi connectivity index (χ3v) is 5.13. The number of benzene rings is 1. The molecule has 3 atom stereocenters. The molecule has 1 aliphatic rings. The molecule has 0 amide bonds. The van der Waals surface area contributed by atoms with Gasteiger partial charge in [-0.05, 0) is 48.4 Å². The zero-order valence-electron chi connectivity index (χ0n) is 11.7. The van der Waals surface area contributed by atoms with Crippen LogP contribution in [0.4, 0.5) is 0 Å². The van der Waals surface area contributed by atoms with Gasteiger partial charge in [0.05, 0.1) is 7.11 Å². The van der Waals surface area contributed by atoms with Gasteiger partial charge in [-0.3, -0.25) is 11.3 Å². The fraction of sp³-hybridized carbons (Fsp3) is 0.600. The number of nitrogens with one attached hydrogen (secondary N) is 1. The van der Waals surface area contributed by atoms with Gasteiger partial charge < -0.3 is 4.74 Å². The van der Waals surface area contributed by atoms with Crippen LogP contribution < -0.4 is 16.0 Å². The fourth-order valence-corrected chi connectivity index (χ4v) is 3.59. The highest BCUT2D eigenvalue weighted by atomic mass is 79.9. The van der Waals surface area contributed by atoms with Crippen LogP contribution in [-0.4, -0.2) is 13.2 Å². The first-order chi connectivity index (χ1) is 9.15. The monoisotopic (exact) mass is 326 g/mol. The molecule has 0 aromatic heterocycles. The summed E-state index contributed by atoms with van der Waals surface area (Å²) in [6.45, 7) is 2.34. The predicted octanol–water partition coefficient (Wildman–Crippen LogP) is 3.27. The van der Waals surface area contributed by atoms with E-state index < -0.39 is 0 Å². The van der Waals surface area contributed by atoms with Crippen molar-refractivity contribution < 1.29 is 4.74 Å². The van der Waals surface area contributed by atoms with Gasteiger partial charge >= 0.3 is 0 Å². The Morgan fingerprint density at radius 2 is 2.26 bits per heavy atom. The normalized spacial score (nSPS) is 24.4. The number of hydrazine groups is 1. The number of methoxy groups -OCH3 is 1. The molecule has 2 rings (SSSR count). The molecule has 106 valence electrons. The predicted molar refractivity (Wildman–Crippen MR) is 82.0 cm³/mol. The average molecular weight is 327 g/mol. The Kier molecular flexibility index (Phi) is 5.25. The lowest BCUT2D eigenvalue weighted by Crippen LogP contribution is -2.43. The minimum absolute atomic E-state index is 0.334. The summed E-state index contributed by atoms with van der Waals surface area (Å²) in [6.07, 6.45) is 4.85. The van der Waals surface area contributed by atoms with Crippen LogP contribution in [0, 0.1) is 11.8 Å².